The largest absolute Gasteiger partial charge is 0.481 e. The number of aryl methyl sites for hydroxylation is 1. The molecule has 1 N–H and O–H groups in total. The second kappa shape index (κ2) is 9.97. The number of ether oxygens (including phenoxy) is 1. The zero-order chi connectivity index (χ0) is 21.6. The van der Waals surface area contributed by atoms with Crippen LogP contribution in [0.4, 0.5) is 20.4 Å². The molecule has 0 atom stereocenters. The van der Waals surface area contributed by atoms with Crippen molar-refractivity contribution in [2.45, 2.75) is 27.3 Å². The normalized spacial score (nSPS) is 10.2. The average Bonchev–Trinajstić information content (AvgIpc) is 2.71. The Morgan fingerprint density at radius 1 is 1.14 bits per heavy atom. The third kappa shape index (κ3) is 5.51. The monoisotopic (exact) mass is 422 g/mol. The molecule has 0 saturated carbocycles. The van der Waals surface area contributed by atoms with Gasteiger partial charge in [0.15, 0.2) is 0 Å². The first-order valence-electron chi connectivity index (χ1n) is 8.87. The predicted octanol–water partition coefficient (Wildman–Crippen LogP) is 4.71. The van der Waals surface area contributed by atoms with Crippen LogP contribution in [0.1, 0.15) is 25.1 Å². The van der Waals surface area contributed by atoms with E-state index in [0.717, 1.165) is 6.20 Å². The summed E-state index contributed by atoms with van der Waals surface area (Å²) in [5, 5.41) is 2.92. The number of rotatable bonds is 5. The first-order valence-corrected chi connectivity index (χ1v) is 9.24. The number of hydrogen-bond acceptors (Lipinski definition) is 5. The highest BCUT2D eigenvalue weighted by Gasteiger charge is 2.12. The van der Waals surface area contributed by atoms with Crippen LogP contribution in [-0.4, -0.2) is 21.6 Å². The summed E-state index contributed by atoms with van der Waals surface area (Å²) in [5.74, 6) is -1.01. The van der Waals surface area contributed by atoms with Gasteiger partial charge < -0.3 is 14.6 Å². The van der Waals surface area contributed by atoms with Gasteiger partial charge in [-0.3, -0.25) is 4.79 Å². The van der Waals surface area contributed by atoms with Crippen LogP contribution >= 0.6 is 11.6 Å². The lowest BCUT2D eigenvalue weighted by Crippen LogP contribution is -2.20. The molecule has 0 unspecified atom stereocenters. The van der Waals surface area contributed by atoms with Gasteiger partial charge >= 0.3 is 5.56 Å². The molecule has 2 heterocycles. The highest BCUT2D eigenvalue weighted by molar-refractivity contribution is 6.30. The van der Waals surface area contributed by atoms with E-state index in [1.165, 1.54) is 29.9 Å². The molecular weight excluding hydrogens is 402 g/mol. The van der Waals surface area contributed by atoms with Gasteiger partial charge in [-0.25, -0.2) is 9.37 Å². The van der Waals surface area contributed by atoms with Crippen LogP contribution < -0.4 is 15.6 Å². The zero-order valence-electron chi connectivity index (χ0n) is 16.5. The fourth-order valence-electron chi connectivity index (χ4n) is 2.43. The molecule has 0 saturated heterocycles. The number of aromatic nitrogens is 3. The molecule has 0 fully saturated rings. The molecule has 3 rings (SSSR count). The summed E-state index contributed by atoms with van der Waals surface area (Å²) in [6.45, 7) is 5.87. The van der Waals surface area contributed by atoms with Gasteiger partial charge in [-0.2, -0.15) is 9.37 Å². The quantitative estimate of drug-likeness (QED) is 0.645. The summed E-state index contributed by atoms with van der Waals surface area (Å²) < 4.78 is 33.6. The Bertz CT molecular complexity index is 1060. The number of benzene rings is 1. The number of hydrogen-bond donors (Lipinski definition) is 1. The van der Waals surface area contributed by atoms with Crippen molar-refractivity contribution in [3.63, 3.8) is 0 Å². The molecule has 29 heavy (non-hydrogen) atoms. The molecule has 0 aliphatic carbocycles. The van der Waals surface area contributed by atoms with Gasteiger partial charge in [0, 0.05) is 12.3 Å². The van der Waals surface area contributed by atoms with Crippen molar-refractivity contribution in [3.05, 3.63) is 74.8 Å². The average molecular weight is 423 g/mol. The summed E-state index contributed by atoms with van der Waals surface area (Å²) >= 11 is 5.80. The molecule has 0 amide bonds. The maximum absolute atomic E-state index is 13.8. The first kappa shape index (κ1) is 22.3. The Morgan fingerprint density at radius 2 is 1.86 bits per heavy atom. The molecule has 0 aliphatic rings. The second-order valence-electron chi connectivity index (χ2n) is 5.71. The fraction of sp³-hybridized carbons (Fsp3) is 0.250. The molecule has 2 aromatic heterocycles. The Morgan fingerprint density at radius 3 is 2.48 bits per heavy atom. The van der Waals surface area contributed by atoms with Gasteiger partial charge in [-0.05, 0) is 30.7 Å². The Balaban J connectivity index is 0.00000145. The van der Waals surface area contributed by atoms with Crippen LogP contribution in [0.2, 0.25) is 5.02 Å². The van der Waals surface area contributed by atoms with Crippen molar-refractivity contribution >= 4 is 23.2 Å². The summed E-state index contributed by atoms with van der Waals surface area (Å²) in [7, 11) is 1.50. The maximum atomic E-state index is 13.8. The lowest BCUT2D eigenvalue weighted by molar-refractivity contribution is 0.397. The van der Waals surface area contributed by atoms with Gasteiger partial charge in [0.25, 0.3) is 0 Å². The van der Waals surface area contributed by atoms with Gasteiger partial charge in [-0.1, -0.05) is 31.5 Å². The molecule has 0 spiro atoms. The van der Waals surface area contributed by atoms with Crippen LogP contribution in [0.25, 0.3) is 0 Å². The van der Waals surface area contributed by atoms with Gasteiger partial charge in [0.2, 0.25) is 17.6 Å². The molecule has 6 nitrogen and oxygen atoms in total. The fourth-order valence-corrected chi connectivity index (χ4v) is 2.63. The van der Waals surface area contributed by atoms with Crippen molar-refractivity contribution < 1.29 is 13.5 Å². The molecule has 154 valence electrons. The Hall–Kier alpha value is -3.00. The number of nitrogens with one attached hydrogen (secondary N) is 1. The van der Waals surface area contributed by atoms with Crippen LogP contribution in [0.3, 0.4) is 0 Å². The number of nitrogens with zero attached hydrogens (tertiary/aromatic N) is 3. The van der Waals surface area contributed by atoms with Crippen molar-refractivity contribution in [1.29, 1.82) is 0 Å². The van der Waals surface area contributed by atoms with Crippen LogP contribution in [0, 0.1) is 18.6 Å². The third-order valence-corrected chi connectivity index (χ3v) is 4.10. The van der Waals surface area contributed by atoms with E-state index in [4.69, 9.17) is 16.3 Å². The first-order chi connectivity index (χ1) is 13.9. The van der Waals surface area contributed by atoms with E-state index in [1.54, 1.807) is 19.1 Å². The van der Waals surface area contributed by atoms with Crippen LogP contribution in [0.15, 0.2) is 41.3 Å². The Labute approximate surface area is 172 Å². The summed E-state index contributed by atoms with van der Waals surface area (Å²) in [6, 6.07) is 7.50. The minimum Gasteiger partial charge on any atom is -0.481 e. The second-order valence-corrected chi connectivity index (χ2v) is 6.11. The predicted molar refractivity (Wildman–Crippen MR) is 109 cm³/mol. The van der Waals surface area contributed by atoms with Gasteiger partial charge in [-0.15, -0.1) is 0 Å². The highest BCUT2D eigenvalue weighted by Crippen LogP contribution is 2.22. The van der Waals surface area contributed by atoms with E-state index in [0.29, 0.717) is 22.8 Å². The van der Waals surface area contributed by atoms with E-state index in [9.17, 15) is 13.6 Å². The van der Waals surface area contributed by atoms with Crippen molar-refractivity contribution in [2.24, 2.45) is 0 Å². The third-order valence-electron chi connectivity index (χ3n) is 3.81. The van der Waals surface area contributed by atoms with E-state index in [2.05, 4.69) is 15.3 Å². The minimum absolute atomic E-state index is 0.0494. The number of pyridine rings is 1. The smallest absolute Gasteiger partial charge is 0.310 e. The summed E-state index contributed by atoms with van der Waals surface area (Å²) in [4.78, 5) is 19.6. The zero-order valence-corrected chi connectivity index (χ0v) is 17.2. The molecule has 0 bridgehead atoms. The number of methoxy groups -OCH3 is 1. The maximum Gasteiger partial charge on any atom is 0.310 e. The van der Waals surface area contributed by atoms with Crippen molar-refractivity contribution in [3.8, 4) is 5.88 Å². The molecule has 9 heteroatoms. The topological polar surface area (TPSA) is 69.0 Å². The van der Waals surface area contributed by atoms with Crippen molar-refractivity contribution in [2.75, 3.05) is 12.4 Å². The van der Waals surface area contributed by atoms with Crippen LogP contribution in [-0.2, 0) is 6.54 Å². The molecule has 3 aromatic rings. The van der Waals surface area contributed by atoms with E-state index < -0.39 is 17.2 Å². The molecular formula is C20H21ClF2N4O2. The van der Waals surface area contributed by atoms with E-state index >= 15 is 0 Å². The molecule has 0 radical (unpaired) electrons. The SMILES string of the molecule is CC.COc1ccc(Nc2nc(=O)c(F)cn2Cc2ccc(F)c(Cl)c2)c(C)n1. The molecule has 1 aromatic carbocycles. The minimum atomic E-state index is -1.00. The van der Waals surface area contributed by atoms with E-state index in [-0.39, 0.29) is 17.5 Å². The molecule has 0 aliphatic heterocycles. The van der Waals surface area contributed by atoms with E-state index in [1.807, 2.05) is 13.8 Å². The van der Waals surface area contributed by atoms with Gasteiger partial charge in [0.05, 0.1) is 30.1 Å². The summed E-state index contributed by atoms with van der Waals surface area (Å²) in [5.41, 5.74) is 0.786. The summed E-state index contributed by atoms with van der Waals surface area (Å²) in [6.07, 6.45) is 1.03. The van der Waals surface area contributed by atoms with Crippen molar-refractivity contribution in [1.82, 2.24) is 14.5 Å². The highest BCUT2D eigenvalue weighted by atomic mass is 35.5. The standard InChI is InChI=1S/C18H15ClF2N4O2.C2H6/c1-10-15(5-6-16(22-10)27-2)23-18-24-17(26)14(21)9-25(18)8-11-3-4-13(20)12(19)7-11;1-2/h3-7,9H,8H2,1-2H3,(H,23,24,26);1-2H3. The van der Waals surface area contributed by atoms with Gasteiger partial charge in [0.1, 0.15) is 5.82 Å². The number of halogens is 3. The lowest BCUT2D eigenvalue weighted by Gasteiger charge is -2.15. The Kier molecular flexibility index (Phi) is 7.67. The number of anilines is 2. The van der Waals surface area contributed by atoms with Crippen LogP contribution in [0.5, 0.6) is 5.88 Å². The lowest BCUT2D eigenvalue weighted by atomic mass is 10.2.